The molecule has 24 heavy (non-hydrogen) atoms. The second kappa shape index (κ2) is 7.34. The first kappa shape index (κ1) is 17.0. The topological polar surface area (TPSA) is 49.9 Å². The summed E-state index contributed by atoms with van der Waals surface area (Å²) >= 11 is 0. The van der Waals surface area contributed by atoms with Crippen LogP contribution in [0.1, 0.15) is 25.8 Å². The molecule has 2 atom stereocenters. The molecule has 1 aromatic carbocycles. The second-order valence-corrected chi connectivity index (χ2v) is 6.93. The summed E-state index contributed by atoms with van der Waals surface area (Å²) in [6.45, 7) is 7.16. The van der Waals surface area contributed by atoms with Crippen LogP contribution in [0.5, 0.6) is 0 Å². The summed E-state index contributed by atoms with van der Waals surface area (Å²) < 4.78 is 5.29. The van der Waals surface area contributed by atoms with Gasteiger partial charge in [-0.3, -0.25) is 9.59 Å². The van der Waals surface area contributed by atoms with Gasteiger partial charge in [-0.15, -0.1) is 0 Å². The smallest absolute Gasteiger partial charge is 0.227 e. The SMILES string of the molecule is CC(C)N(Cc1ccccc1)C(=O)C1CC1C(=O)N1CCOCC1. The zero-order valence-electron chi connectivity index (χ0n) is 14.5. The van der Waals surface area contributed by atoms with Crippen molar-refractivity contribution in [3.05, 3.63) is 35.9 Å². The number of hydrogen-bond donors (Lipinski definition) is 0. The van der Waals surface area contributed by atoms with Gasteiger partial charge in [0.15, 0.2) is 0 Å². The van der Waals surface area contributed by atoms with E-state index in [2.05, 4.69) is 0 Å². The summed E-state index contributed by atoms with van der Waals surface area (Å²) in [5.41, 5.74) is 1.12. The summed E-state index contributed by atoms with van der Waals surface area (Å²) in [5.74, 6) is -0.0420. The molecule has 2 aliphatic rings. The van der Waals surface area contributed by atoms with Crippen LogP contribution in [0.2, 0.25) is 0 Å². The van der Waals surface area contributed by atoms with Crippen molar-refractivity contribution in [2.75, 3.05) is 26.3 Å². The lowest BCUT2D eigenvalue weighted by Crippen LogP contribution is -2.43. The lowest BCUT2D eigenvalue weighted by molar-refractivity contribution is -0.141. The van der Waals surface area contributed by atoms with E-state index in [9.17, 15) is 9.59 Å². The first-order chi connectivity index (χ1) is 11.6. The number of morpholine rings is 1. The van der Waals surface area contributed by atoms with E-state index in [1.54, 1.807) is 0 Å². The fourth-order valence-corrected chi connectivity index (χ4v) is 3.27. The van der Waals surface area contributed by atoms with Crippen LogP contribution in [-0.2, 0) is 20.9 Å². The molecule has 2 amide bonds. The molecule has 0 spiro atoms. The summed E-state index contributed by atoms with van der Waals surface area (Å²) in [5, 5.41) is 0. The Morgan fingerprint density at radius 3 is 2.46 bits per heavy atom. The fourth-order valence-electron chi connectivity index (χ4n) is 3.27. The average molecular weight is 330 g/mol. The number of nitrogens with zero attached hydrogens (tertiary/aromatic N) is 2. The van der Waals surface area contributed by atoms with Crippen molar-refractivity contribution in [1.29, 1.82) is 0 Å². The fraction of sp³-hybridized carbons (Fsp3) is 0.579. The Bertz CT molecular complexity index is 582. The Morgan fingerprint density at radius 2 is 1.83 bits per heavy atom. The van der Waals surface area contributed by atoms with Gasteiger partial charge in [-0.25, -0.2) is 0 Å². The Kier molecular flexibility index (Phi) is 5.19. The van der Waals surface area contributed by atoms with Crippen molar-refractivity contribution in [2.24, 2.45) is 11.8 Å². The minimum Gasteiger partial charge on any atom is -0.378 e. The van der Waals surface area contributed by atoms with Crippen LogP contribution in [0.25, 0.3) is 0 Å². The summed E-state index contributed by atoms with van der Waals surface area (Å²) in [6, 6.07) is 10.1. The molecule has 0 radical (unpaired) electrons. The van der Waals surface area contributed by atoms with Crippen LogP contribution in [0.4, 0.5) is 0 Å². The van der Waals surface area contributed by atoms with Crippen molar-refractivity contribution in [1.82, 2.24) is 9.80 Å². The van der Waals surface area contributed by atoms with Crippen molar-refractivity contribution < 1.29 is 14.3 Å². The molecule has 1 aliphatic carbocycles. The van der Waals surface area contributed by atoms with Crippen LogP contribution in [0, 0.1) is 11.8 Å². The third kappa shape index (κ3) is 3.78. The zero-order chi connectivity index (χ0) is 17.1. The van der Waals surface area contributed by atoms with Crippen LogP contribution in [-0.4, -0.2) is 54.0 Å². The largest absolute Gasteiger partial charge is 0.378 e. The van der Waals surface area contributed by atoms with Crippen molar-refractivity contribution in [3.63, 3.8) is 0 Å². The van der Waals surface area contributed by atoms with Crippen molar-refractivity contribution in [2.45, 2.75) is 32.9 Å². The molecule has 0 bridgehead atoms. The summed E-state index contributed by atoms with van der Waals surface area (Å²) in [4.78, 5) is 29.1. The van der Waals surface area contributed by atoms with Crippen LogP contribution < -0.4 is 0 Å². The predicted molar refractivity (Wildman–Crippen MR) is 91.1 cm³/mol. The molecule has 1 heterocycles. The van der Waals surface area contributed by atoms with Crippen LogP contribution >= 0.6 is 0 Å². The Morgan fingerprint density at radius 1 is 1.17 bits per heavy atom. The van der Waals surface area contributed by atoms with Gasteiger partial charge >= 0.3 is 0 Å². The maximum absolute atomic E-state index is 12.9. The maximum Gasteiger partial charge on any atom is 0.227 e. The Labute approximate surface area is 143 Å². The van der Waals surface area contributed by atoms with Gasteiger partial charge in [0, 0.05) is 25.7 Å². The highest BCUT2D eigenvalue weighted by atomic mass is 16.5. The van der Waals surface area contributed by atoms with Gasteiger partial charge in [0.25, 0.3) is 0 Å². The number of carbonyl (C=O) groups is 2. The molecule has 2 fully saturated rings. The molecule has 1 aromatic rings. The van der Waals surface area contributed by atoms with Gasteiger partial charge in [-0.05, 0) is 25.8 Å². The highest BCUT2D eigenvalue weighted by Crippen LogP contribution is 2.42. The lowest BCUT2D eigenvalue weighted by Gasteiger charge is -2.29. The molecule has 5 heteroatoms. The normalized spacial score (nSPS) is 23.2. The number of amides is 2. The molecule has 3 rings (SSSR count). The monoisotopic (exact) mass is 330 g/mol. The minimum absolute atomic E-state index is 0.112. The van der Waals surface area contributed by atoms with Gasteiger partial charge in [0.1, 0.15) is 0 Å². The molecule has 5 nitrogen and oxygen atoms in total. The number of ether oxygens (including phenoxy) is 1. The predicted octanol–water partition coefficient (Wildman–Crippen LogP) is 1.92. The van der Waals surface area contributed by atoms with Gasteiger partial charge in [-0.2, -0.15) is 0 Å². The molecule has 0 N–H and O–H groups in total. The molecule has 0 aromatic heterocycles. The van der Waals surface area contributed by atoms with E-state index in [1.165, 1.54) is 0 Å². The number of carbonyl (C=O) groups excluding carboxylic acids is 2. The van der Waals surface area contributed by atoms with Gasteiger partial charge in [0.05, 0.1) is 25.0 Å². The quantitative estimate of drug-likeness (QED) is 0.829. The van der Waals surface area contributed by atoms with E-state index in [0.29, 0.717) is 39.3 Å². The molecule has 2 unspecified atom stereocenters. The van der Waals surface area contributed by atoms with E-state index in [-0.39, 0.29) is 29.7 Å². The molecule has 1 saturated heterocycles. The van der Waals surface area contributed by atoms with Crippen molar-refractivity contribution in [3.8, 4) is 0 Å². The summed E-state index contributed by atoms with van der Waals surface area (Å²) in [6.07, 6.45) is 0.688. The van der Waals surface area contributed by atoms with E-state index in [1.807, 2.05) is 54.0 Å². The molecule has 1 saturated carbocycles. The van der Waals surface area contributed by atoms with E-state index in [4.69, 9.17) is 4.74 Å². The molecule has 130 valence electrons. The van der Waals surface area contributed by atoms with Crippen LogP contribution in [0.15, 0.2) is 30.3 Å². The number of hydrogen-bond acceptors (Lipinski definition) is 3. The van der Waals surface area contributed by atoms with E-state index >= 15 is 0 Å². The molecule has 1 aliphatic heterocycles. The number of rotatable bonds is 5. The average Bonchev–Trinajstić information content (AvgIpc) is 3.40. The first-order valence-electron chi connectivity index (χ1n) is 8.79. The van der Waals surface area contributed by atoms with Gasteiger partial charge in [0.2, 0.25) is 11.8 Å². The van der Waals surface area contributed by atoms with Gasteiger partial charge < -0.3 is 14.5 Å². The summed E-state index contributed by atoms with van der Waals surface area (Å²) in [7, 11) is 0. The third-order valence-electron chi connectivity index (χ3n) is 4.85. The lowest BCUT2D eigenvalue weighted by atomic mass is 10.1. The Balaban J connectivity index is 1.61. The first-order valence-corrected chi connectivity index (χ1v) is 8.79. The van der Waals surface area contributed by atoms with Gasteiger partial charge in [-0.1, -0.05) is 30.3 Å². The van der Waals surface area contributed by atoms with E-state index < -0.39 is 0 Å². The van der Waals surface area contributed by atoms with E-state index in [0.717, 1.165) is 5.56 Å². The Hall–Kier alpha value is -1.88. The minimum atomic E-state index is -0.147. The molecular weight excluding hydrogens is 304 g/mol. The highest BCUT2D eigenvalue weighted by molar-refractivity contribution is 5.92. The zero-order valence-corrected chi connectivity index (χ0v) is 14.5. The van der Waals surface area contributed by atoms with Crippen LogP contribution in [0.3, 0.4) is 0 Å². The molecular formula is C19H26N2O3. The van der Waals surface area contributed by atoms with Crippen molar-refractivity contribution >= 4 is 11.8 Å². The highest BCUT2D eigenvalue weighted by Gasteiger charge is 2.51. The number of benzene rings is 1. The standard InChI is InChI=1S/C19H26N2O3/c1-14(2)21(13-15-6-4-3-5-7-15)19(23)17-12-16(17)18(22)20-8-10-24-11-9-20/h3-7,14,16-17H,8-13H2,1-2H3. The maximum atomic E-state index is 12.9. The second-order valence-electron chi connectivity index (χ2n) is 6.93. The third-order valence-corrected chi connectivity index (χ3v) is 4.85.